The highest BCUT2D eigenvalue weighted by Crippen LogP contribution is 2.34. The Morgan fingerprint density at radius 3 is 2.39 bits per heavy atom. The Bertz CT molecular complexity index is 475. The highest BCUT2D eigenvalue weighted by molar-refractivity contribution is 6.31. The molecule has 0 spiro atoms. The van der Waals surface area contributed by atoms with Crippen molar-refractivity contribution in [3.05, 3.63) is 34.4 Å². The molecule has 100 valence electrons. The number of carboxylic acids is 1. The fourth-order valence-corrected chi connectivity index (χ4v) is 1.75. The van der Waals surface area contributed by atoms with Crippen molar-refractivity contribution >= 4 is 17.6 Å². The average molecular weight is 279 g/mol. The van der Waals surface area contributed by atoms with Crippen LogP contribution in [0, 0.1) is 17.0 Å². The summed E-state index contributed by atoms with van der Waals surface area (Å²) < 4.78 is 25.9. The molecule has 0 bridgehead atoms. The summed E-state index contributed by atoms with van der Waals surface area (Å²) in [6.07, 6.45) is -1.44. The van der Waals surface area contributed by atoms with Crippen LogP contribution in [0.5, 0.6) is 0 Å². The fraction of sp³-hybridized carbons (Fsp3) is 0.417. The van der Waals surface area contributed by atoms with Gasteiger partial charge in [-0.2, -0.15) is 0 Å². The number of aliphatic hydroxyl groups excluding tert-OH is 1. The van der Waals surface area contributed by atoms with Gasteiger partial charge in [-0.1, -0.05) is 11.6 Å². The SMILES string of the molecule is CC(C)(CC(O)c1cc(F)c(F)cc1Cl)C(=O)O. The van der Waals surface area contributed by atoms with Crippen LogP contribution in [0.3, 0.4) is 0 Å². The minimum absolute atomic E-state index is 0.0232. The number of carboxylic acid groups (broad SMARTS) is 1. The summed E-state index contributed by atoms with van der Waals surface area (Å²) in [6, 6.07) is 1.53. The van der Waals surface area contributed by atoms with Crippen LogP contribution in [0.25, 0.3) is 0 Å². The van der Waals surface area contributed by atoms with Gasteiger partial charge < -0.3 is 10.2 Å². The molecule has 0 saturated carbocycles. The van der Waals surface area contributed by atoms with E-state index in [4.69, 9.17) is 16.7 Å². The van der Waals surface area contributed by atoms with Crippen LogP contribution in [-0.2, 0) is 4.79 Å². The maximum atomic E-state index is 13.0. The van der Waals surface area contributed by atoms with E-state index in [1.807, 2.05) is 0 Å². The third kappa shape index (κ3) is 3.17. The third-order valence-corrected chi connectivity index (χ3v) is 3.01. The van der Waals surface area contributed by atoms with Crippen LogP contribution in [0.4, 0.5) is 8.78 Å². The van der Waals surface area contributed by atoms with Crippen LogP contribution in [0.2, 0.25) is 5.02 Å². The van der Waals surface area contributed by atoms with E-state index in [0.717, 1.165) is 12.1 Å². The van der Waals surface area contributed by atoms with Crippen molar-refractivity contribution in [3.63, 3.8) is 0 Å². The summed E-state index contributed by atoms with van der Waals surface area (Å²) in [4.78, 5) is 10.9. The number of carbonyl (C=O) groups is 1. The zero-order valence-corrected chi connectivity index (χ0v) is 10.6. The van der Waals surface area contributed by atoms with E-state index in [2.05, 4.69) is 0 Å². The summed E-state index contributed by atoms with van der Waals surface area (Å²) in [7, 11) is 0. The van der Waals surface area contributed by atoms with E-state index in [-0.39, 0.29) is 17.0 Å². The van der Waals surface area contributed by atoms with Gasteiger partial charge in [-0.15, -0.1) is 0 Å². The van der Waals surface area contributed by atoms with E-state index in [1.54, 1.807) is 0 Å². The molecule has 0 aromatic heterocycles. The largest absolute Gasteiger partial charge is 0.481 e. The second-order valence-electron chi connectivity index (χ2n) is 4.70. The van der Waals surface area contributed by atoms with Gasteiger partial charge >= 0.3 is 5.97 Å². The lowest BCUT2D eigenvalue weighted by molar-refractivity contribution is -0.148. The molecular weight excluding hydrogens is 266 g/mol. The Balaban J connectivity index is 3.01. The normalized spacial score (nSPS) is 13.4. The first kappa shape index (κ1) is 14.9. The van der Waals surface area contributed by atoms with Crippen LogP contribution in [-0.4, -0.2) is 16.2 Å². The van der Waals surface area contributed by atoms with Crippen molar-refractivity contribution in [3.8, 4) is 0 Å². The summed E-state index contributed by atoms with van der Waals surface area (Å²) in [5.74, 6) is -3.35. The summed E-state index contributed by atoms with van der Waals surface area (Å²) in [6.45, 7) is 2.85. The highest BCUT2D eigenvalue weighted by atomic mass is 35.5. The number of hydrogen-bond acceptors (Lipinski definition) is 2. The lowest BCUT2D eigenvalue weighted by Crippen LogP contribution is -2.26. The smallest absolute Gasteiger partial charge is 0.309 e. The van der Waals surface area contributed by atoms with Gasteiger partial charge in [-0.05, 0) is 32.4 Å². The van der Waals surface area contributed by atoms with Crippen molar-refractivity contribution < 1.29 is 23.8 Å². The molecule has 0 radical (unpaired) electrons. The molecule has 0 saturated heterocycles. The van der Waals surface area contributed by atoms with Crippen molar-refractivity contribution in [1.82, 2.24) is 0 Å². The molecule has 0 fully saturated rings. The Morgan fingerprint density at radius 1 is 1.39 bits per heavy atom. The Kier molecular flexibility index (Phi) is 4.29. The first-order valence-corrected chi connectivity index (χ1v) is 5.59. The summed E-state index contributed by atoms with van der Waals surface area (Å²) in [5, 5.41) is 18.7. The number of aliphatic hydroxyl groups is 1. The zero-order valence-electron chi connectivity index (χ0n) is 9.88. The maximum absolute atomic E-state index is 13.0. The summed E-state index contributed by atoms with van der Waals surface area (Å²) in [5.41, 5.74) is -1.22. The number of benzene rings is 1. The molecule has 1 aromatic rings. The van der Waals surface area contributed by atoms with Crippen molar-refractivity contribution in [2.24, 2.45) is 5.41 Å². The molecule has 18 heavy (non-hydrogen) atoms. The molecule has 0 aliphatic rings. The molecule has 6 heteroatoms. The number of hydrogen-bond donors (Lipinski definition) is 2. The maximum Gasteiger partial charge on any atom is 0.309 e. The van der Waals surface area contributed by atoms with E-state index in [1.165, 1.54) is 13.8 Å². The fourth-order valence-electron chi connectivity index (χ4n) is 1.47. The second kappa shape index (κ2) is 5.20. The highest BCUT2D eigenvalue weighted by Gasteiger charge is 2.31. The van der Waals surface area contributed by atoms with Crippen molar-refractivity contribution in [2.75, 3.05) is 0 Å². The standard InChI is InChI=1S/C12H13ClF2O3/c1-12(2,11(17)18)5-10(16)6-3-8(14)9(15)4-7(6)13/h3-4,10,16H,5H2,1-2H3,(H,17,18). The Hall–Kier alpha value is -1.20. The molecule has 2 N–H and O–H groups in total. The van der Waals surface area contributed by atoms with E-state index in [9.17, 15) is 18.7 Å². The third-order valence-electron chi connectivity index (χ3n) is 2.68. The van der Waals surface area contributed by atoms with Gasteiger partial charge in [-0.25, -0.2) is 8.78 Å². The van der Waals surface area contributed by atoms with Crippen molar-refractivity contribution in [2.45, 2.75) is 26.4 Å². The van der Waals surface area contributed by atoms with Gasteiger partial charge in [-0.3, -0.25) is 4.79 Å². The lowest BCUT2D eigenvalue weighted by Gasteiger charge is -2.23. The molecule has 1 atom stereocenters. The number of aliphatic carboxylic acids is 1. The van der Waals surface area contributed by atoms with Gasteiger partial charge in [0, 0.05) is 10.6 Å². The molecule has 0 aliphatic carbocycles. The van der Waals surface area contributed by atoms with Crippen LogP contribution in [0.1, 0.15) is 31.9 Å². The van der Waals surface area contributed by atoms with Crippen LogP contribution in [0.15, 0.2) is 12.1 Å². The predicted octanol–water partition coefficient (Wildman–Crippen LogP) is 3.15. The molecule has 0 heterocycles. The first-order chi connectivity index (χ1) is 8.15. The molecular formula is C12H13ClF2O3. The molecule has 1 rings (SSSR count). The minimum Gasteiger partial charge on any atom is -0.481 e. The molecule has 3 nitrogen and oxygen atoms in total. The molecule has 0 amide bonds. The quantitative estimate of drug-likeness (QED) is 0.832. The van der Waals surface area contributed by atoms with Gasteiger partial charge in [0.15, 0.2) is 11.6 Å². The van der Waals surface area contributed by atoms with E-state index >= 15 is 0 Å². The monoisotopic (exact) mass is 278 g/mol. The molecule has 0 aliphatic heterocycles. The van der Waals surface area contributed by atoms with Crippen molar-refractivity contribution in [1.29, 1.82) is 0 Å². The van der Waals surface area contributed by atoms with E-state index in [0.29, 0.717) is 0 Å². The lowest BCUT2D eigenvalue weighted by atomic mass is 9.85. The molecule has 1 aromatic carbocycles. The topological polar surface area (TPSA) is 57.5 Å². The number of rotatable bonds is 4. The van der Waals surface area contributed by atoms with Crippen LogP contribution >= 0.6 is 11.6 Å². The van der Waals surface area contributed by atoms with Gasteiger partial charge in [0.05, 0.1) is 11.5 Å². The van der Waals surface area contributed by atoms with Gasteiger partial charge in [0.1, 0.15) is 0 Å². The zero-order chi connectivity index (χ0) is 14.1. The Labute approximate surface area is 108 Å². The average Bonchev–Trinajstić information content (AvgIpc) is 2.22. The summed E-state index contributed by atoms with van der Waals surface area (Å²) >= 11 is 5.69. The van der Waals surface area contributed by atoms with Gasteiger partial charge in [0.25, 0.3) is 0 Å². The minimum atomic E-state index is -1.28. The molecule has 1 unspecified atom stereocenters. The van der Waals surface area contributed by atoms with E-state index < -0.39 is 29.1 Å². The Morgan fingerprint density at radius 2 is 1.89 bits per heavy atom. The van der Waals surface area contributed by atoms with Crippen LogP contribution < -0.4 is 0 Å². The predicted molar refractivity (Wildman–Crippen MR) is 62.4 cm³/mol. The second-order valence-corrected chi connectivity index (χ2v) is 5.10. The first-order valence-electron chi connectivity index (χ1n) is 5.21. The van der Waals surface area contributed by atoms with Gasteiger partial charge in [0.2, 0.25) is 0 Å². The number of halogens is 3.